The highest BCUT2D eigenvalue weighted by atomic mass is 79.9. The molecule has 0 bridgehead atoms. The zero-order valence-corrected chi connectivity index (χ0v) is 14.1. The normalized spacial score (nSPS) is 12.3. The maximum Gasteiger partial charge on any atom is 0.143 e. The molecule has 0 spiro atoms. The van der Waals surface area contributed by atoms with Gasteiger partial charge in [-0.3, -0.25) is 0 Å². The van der Waals surface area contributed by atoms with Crippen molar-refractivity contribution in [1.82, 2.24) is 0 Å². The first-order chi connectivity index (χ1) is 9.08. The van der Waals surface area contributed by atoms with Crippen molar-refractivity contribution in [2.24, 2.45) is 0 Å². The number of nitrogens with one attached hydrogen (secondary N) is 1. The summed E-state index contributed by atoms with van der Waals surface area (Å²) in [5.41, 5.74) is 2.33. The van der Waals surface area contributed by atoms with Gasteiger partial charge in [-0.05, 0) is 38.0 Å². The van der Waals surface area contributed by atoms with Gasteiger partial charge in [0.15, 0.2) is 0 Å². The Kier molecular flexibility index (Phi) is 7.29. The highest BCUT2D eigenvalue weighted by Crippen LogP contribution is 2.32. The molecule has 0 aliphatic rings. The first-order valence-corrected chi connectivity index (χ1v) is 7.98. The maximum atomic E-state index is 5.46. The largest absolute Gasteiger partial charge is 0.495 e. The highest BCUT2D eigenvalue weighted by Gasteiger charge is 2.10. The lowest BCUT2D eigenvalue weighted by Crippen LogP contribution is -2.16. The average molecular weight is 328 g/mol. The molecule has 1 aromatic rings. The van der Waals surface area contributed by atoms with Gasteiger partial charge < -0.3 is 10.1 Å². The molecule has 0 radical (unpaired) electrons. The Hall–Kier alpha value is -0.700. The number of hydrogen-bond acceptors (Lipinski definition) is 2. The molecule has 1 N–H and O–H groups in total. The molecule has 0 heterocycles. The maximum absolute atomic E-state index is 5.46. The summed E-state index contributed by atoms with van der Waals surface area (Å²) in [7, 11) is 1.72. The molecule has 0 amide bonds. The molecule has 0 aliphatic carbocycles. The van der Waals surface area contributed by atoms with E-state index in [0.717, 1.165) is 15.9 Å². The van der Waals surface area contributed by atoms with Crippen molar-refractivity contribution in [3.05, 3.63) is 22.2 Å². The topological polar surface area (TPSA) is 21.3 Å². The second-order valence-corrected chi connectivity index (χ2v) is 6.11. The Morgan fingerprint density at radius 3 is 2.63 bits per heavy atom. The number of unbranched alkanes of at least 4 members (excludes halogenated alkanes) is 3. The van der Waals surface area contributed by atoms with Gasteiger partial charge in [0.05, 0.1) is 12.8 Å². The Bertz CT molecular complexity index is 393. The van der Waals surface area contributed by atoms with E-state index in [4.69, 9.17) is 4.74 Å². The molecule has 19 heavy (non-hydrogen) atoms. The summed E-state index contributed by atoms with van der Waals surface area (Å²) in [5, 5.41) is 3.59. The van der Waals surface area contributed by atoms with Crippen molar-refractivity contribution in [2.75, 3.05) is 12.4 Å². The molecular formula is C16H26BrNO. The minimum Gasteiger partial charge on any atom is -0.495 e. The Balaban J connectivity index is 2.60. The number of halogens is 1. The minimum atomic E-state index is 0.477. The molecule has 3 heteroatoms. The van der Waals surface area contributed by atoms with Crippen LogP contribution in [0.5, 0.6) is 5.75 Å². The van der Waals surface area contributed by atoms with E-state index in [1.165, 1.54) is 37.7 Å². The summed E-state index contributed by atoms with van der Waals surface area (Å²) in [6.07, 6.45) is 6.46. The summed E-state index contributed by atoms with van der Waals surface area (Å²) in [6.45, 7) is 6.60. The zero-order valence-electron chi connectivity index (χ0n) is 12.6. The number of rotatable bonds is 8. The molecule has 1 aromatic carbocycles. The molecule has 1 atom stereocenters. The van der Waals surface area contributed by atoms with E-state index < -0.39 is 0 Å². The predicted octanol–water partition coefficient (Wildman–Crippen LogP) is 5.54. The molecule has 1 rings (SSSR count). The fourth-order valence-corrected chi connectivity index (χ4v) is 2.81. The van der Waals surface area contributed by atoms with Gasteiger partial charge in [0, 0.05) is 10.5 Å². The van der Waals surface area contributed by atoms with Crippen LogP contribution in [-0.4, -0.2) is 13.2 Å². The van der Waals surface area contributed by atoms with E-state index >= 15 is 0 Å². The number of anilines is 1. The summed E-state index contributed by atoms with van der Waals surface area (Å²) >= 11 is 3.51. The van der Waals surface area contributed by atoms with E-state index in [1.54, 1.807) is 7.11 Å². The Morgan fingerprint density at radius 1 is 1.26 bits per heavy atom. The fraction of sp³-hybridized carbons (Fsp3) is 0.625. The van der Waals surface area contributed by atoms with Crippen LogP contribution < -0.4 is 10.1 Å². The van der Waals surface area contributed by atoms with Crippen molar-refractivity contribution in [2.45, 2.75) is 58.9 Å². The van der Waals surface area contributed by atoms with E-state index in [2.05, 4.69) is 48.1 Å². The average Bonchev–Trinajstić information content (AvgIpc) is 2.37. The standard InChI is InChI=1S/C16H26BrNO/c1-5-6-7-8-9-13(3)18-16-12(2)10-14(17)11-15(16)19-4/h10-11,13,18H,5-9H2,1-4H3. The van der Waals surface area contributed by atoms with Crippen LogP contribution in [0.4, 0.5) is 5.69 Å². The van der Waals surface area contributed by atoms with Crippen molar-refractivity contribution in [1.29, 1.82) is 0 Å². The third-order valence-corrected chi connectivity index (χ3v) is 3.82. The van der Waals surface area contributed by atoms with Gasteiger partial charge in [0.25, 0.3) is 0 Å². The molecule has 2 nitrogen and oxygen atoms in total. The predicted molar refractivity (Wildman–Crippen MR) is 87.3 cm³/mol. The minimum absolute atomic E-state index is 0.477. The van der Waals surface area contributed by atoms with Gasteiger partial charge in [-0.2, -0.15) is 0 Å². The van der Waals surface area contributed by atoms with Crippen LogP contribution in [-0.2, 0) is 0 Å². The summed E-state index contributed by atoms with van der Waals surface area (Å²) in [6, 6.07) is 4.61. The smallest absolute Gasteiger partial charge is 0.143 e. The van der Waals surface area contributed by atoms with Gasteiger partial charge in [0.1, 0.15) is 5.75 Å². The molecule has 0 aliphatic heterocycles. The lowest BCUT2D eigenvalue weighted by molar-refractivity contribution is 0.415. The Labute approximate surface area is 126 Å². The Morgan fingerprint density at radius 2 is 2.00 bits per heavy atom. The van der Waals surface area contributed by atoms with Gasteiger partial charge in [0.2, 0.25) is 0 Å². The third kappa shape index (κ3) is 5.43. The van der Waals surface area contributed by atoms with Crippen LogP contribution in [0.15, 0.2) is 16.6 Å². The number of aryl methyl sites for hydroxylation is 1. The van der Waals surface area contributed by atoms with Crippen LogP contribution in [0.3, 0.4) is 0 Å². The molecule has 0 aromatic heterocycles. The van der Waals surface area contributed by atoms with Crippen molar-refractivity contribution < 1.29 is 4.74 Å². The van der Waals surface area contributed by atoms with Crippen LogP contribution in [0.1, 0.15) is 51.5 Å². The van der Waals surface area contributed by atoms with Gasteiger partial charge in [-0.15, -0.1) is 0 Å². The molecule has 1 unspecified atom stereocenters. The van der Waals surface area contributed by atoms with E-state index in [0.29, 0.717) is 6.04 Å². The van der Waals surface area contributed by atoms with Crippen LogP contribution in [0.25, 0.3) is 0 Å². The third-order valence-electron chi connectivity index (χ3n) is 3.37. The number of benzene rings is 1. The van der Waals surface area contributed by atoms with Crippen molar-refractivity contribution >= 4 is 21.6 Å². The van der Waals surface area contributed by atoms with Crippen molar-refractivity contribution in [3.63, 3.8) is 0 Å². The molecule has 108 valence electrons. The summed E-state index contributed by atoms with van der Waals surface area (Å²) < 4.78 is 6.52. The zero-order chi connectivity index (χ0) is 14.3. The number of methoxy groups -OCH3 is 1. The quantitative estimate of drug-likeness (QED) is 0.633. The van der Waals surface area contributed by atoms with Crippen LogP contribution in [0, 0.1) is 6.92 Å². The summed E-state index contributed by atoms with van der Waals surface area (Å²) in [4.78, 5) is 0. The van der Waals surface area contributed by atoms with Crippen LogP contribution in [0.2, 0.25) is 0 Å². The second kappa shape index (κ2) is 8.47. The van der Waals surface area contributed by atoms with E-state index in [-0.39, 0.29) is 0 Å². The van der Waals surface area contributed by atoms with Gasteiger partial charge >= 0.3 is 0 Å². The highest BCUT2D eigenvalue weighted by molar-refractivity contribution is 9.10. The molecule has 0 fully saturated rings. The second-order valence-electron chi connectivity index (χ2n) is 5.19. The molecule has 0 saturated heterocycles. The molecule has 0 saturated carbocycles. The lowest BCUT2D eigenvalue weighted by atomic mass is 10.1. The summed E-state index contributed by atoms with van der Waals surface area (Å²) in [5.74, 6) is 0.910. The fourth-order valence-electron chi connectivity index (χ4n) is 2.25. The lowest BCUT2D eigenvalue weighted by Gasteiger charge is -2.20. The molecular weight excluding hydrogens is 302 g/mol. The first-order valence-electron chi connectivity index (χ1n) is 7.19. The van der Waals surface area contributed by atoms with Crippen molar-refractivity contribution in [3.8, 4) is 5.75 Å². The first kappa shape index (κ1) is 16.4. The van der Waals surface area contributed by atoms with Gasteiger partial charge in [-0.1, -0.05) is 48.5 Å². The SMILES string of the molecule is CCCCCCC(C)Nc1c(C)cc(Br)cc1OC. The van der Waals surface area contributed by atoms with Gasteiger partial charge in [-0.25, -0.2) is 0 Å². The monoisotopic (exact) mass is 327 g/mol. The number of hydrogen-bond donors (Lipinski definition) is 1. The van der Waals surface area contributed by atoms with E-state index in [9.17, 15) is 0 Å². The van der Waals surface area contributed by atoms with Crippen LogP contribution >= 0.6 is 15.9 Å². The van der Waals surface area contributed by atoms with E-state index in [1.807, 2.05) is 6.07 Å². The number of ether oxygens (including phenoxy) is 1.